The molecule has 2 heterocycles. The molecule has 2 aromatic heterocycles. The van der Waals surface area contributed by atoms with Crippen LogP contribution in [0.2, 0.25) is 0 Å². The lowest BCUT2D eigenvalue weighted by molar-refractivity contribution is 0.0991. The molecule has 0 aliphatic rings. The summed E-state index contributed by atoms with van der Waals surface area (Å²) in [6, 6.07) is 3.94. The van der Waals surface area contributed by atoms with Crippen LogP contribution in [0.3, 0.4) is 0 Å². The van der Waals surface area contributed by atoms with E-state index in [9.17, 15) is 4.79 Å². The number of ketones is 1. The van der Waals surface area contributed by atoms with E-state index in [0.29, 0.717) is 0 Å². The molecule has 0 aliphatic carbocycles. The van der Waals surface area contributed by atoms with Crippen molar-refractivity contribution < 1.29 is 4.79 Å². The monoisotopic (exact) mass is 293 g/mol. The van der Waals surface area contributed by atoms with E-state index in [0.717, 1.165) is 35.6 Å². The van der Waals surface area contributed by atoms with E-state index in [4.69, 9.17) is 11.6 Å². The van der Waals surface area contributed by atoms with Crippen molar-refractivity contribution >= 4 is 17.4 Å². The van der Waals surface area contributed by atoms with Gasteiger partial charge >= 0.3 is 0 Å². The fourth-order valence-electron chi connectivity index (χ4n) is 2.43. The summed E-state index contributed by atoms with van der Waals surface area (Å²) >= 11 is 5.90. The molecule has 0 fully saturated rings. The molecule has 0 spiro atoms. The van der Waals surface area contributed by atoms with Gasteiger partial charge in [-0.3, -0.25) is 9.48 Å². The smallest absolute Gasteiger partial charge is 0.182 e. The van der Waals surface area contributed by atoms with E-state index < -0.39 is 5.38 Å². The Bertz CT molecular complexity index is 625. The zero-order valence-electron chi connectivity index (χ0n) is 12.4. The lowest BCUT2D eigenvalue weighted by Crippen LogP contribution is -2.12. The second-order valence-corrected chi connectivity index (χ2v) is 5.80. The highest BCUT2D eigenvalue weighted by Crippen LogP contribution is 2.19. The van der Waals surface area contributed by atoms with Gasteiger partial charge in [0, 0.05) is 43.2 Å². The molecule has 2 aromatic rings. The summed E-state index contributed by atoms with van der Waals surface area (Å²) in [4.78, 5) is 12.0. The van der Waals surface area contributed by atoms with Gasteiger partial charge in [-0.15, -0.1) is 11.6 Å². The molecule has 1 atom stereocenters. The Kier molecular flexibility index (Phi) is 4.33. The largest absolute Gasteiger partial charge is 0.348 e. The minimum absolute atomic E-state index is 0.0103. The predicted octanol–water partition coefficient (Wildman–Crippen LogP) is 2.89. The molecule has 0 aliphatic heterocycles. The Morgan fingerprint density at radius 1 is 1.45 bits per heavy atom. The molecule has 0 N–H and O–H groups in total. The number of hydrogen-bond acceptors (Lipinski definition) is 2. The number of aryl methyl sites for hydroxylation is 3. The van der Waals surface area contributed by atoms with E-state index in [1.807, 2.05) is 39.2 Å². The van der Waals surface area contributed by atoms with Gasteiger partial charge in [-0.05, 0) is 32.9 Å². The first-order chi connectivity index (χ1) is 9.40. The first-order valence-electron chi connectivity index (χ1n) is 6.73. The SMILES string of the molecule is Cc1cc(C(=O)C(C)Cl)c(C)n1CCc1ccn(C)n1. The van der Waals surface area contributed by atoms with E-state index in [1.54, 1.807) is 11.6 Å². The van der Waals surface area contributed by atoms with Crippen LogP contribution in [0.1, 0.15) is 34.4 Å². The topological polar surface area (TPSA) is 39.8 Å². The average molecular weight is 294 g/mol. The number of hydrogen-bond donors (Lipinski definition) is 0. The Morgan fingerprint density at radius 3 is 2.70 bits per heavy atom. The normalized spacial score (nSPS) is 12.7. The van der Waals surface area contributed by atoms with Gasteiger partial charge in [-0.25, -0.2) is 0 Å². The van der Waals surface area contributed by atoms with Crippen molar-refractivity contribution in [2.24, 2.45) is 7.05 Å². The lowest BCUT2D eigenvalue weighted by Gasteiger charge is -2.09. The van der Waals surface area contributed by atoms with Crippen LogP contribution < -0.4 is 0 Å². The summed E-state index contributed by atoms with van der Waals surface area (Å²) in [6.07, 6.45) is 2.79. The molecule has 0 aromatic carbocycles. The zero-order chi connectivity index (χ0) is 14.9. The minimum atomic E-state index is -0.486. The van der Waals surface area contributed by atoms with Crippen molar-refractivity contribution in [2.75, 3.05) is 0 Å². The van der Waals surface area contributed by atoms with Gasteiger partial charge in [0.15, 0.2) is 5.78 Å². The number of alkyl halides is 1. The van der Waals surface area contributed by atoms with Gasteiger partial charge in [0.25, 0.3) is 0 Å². The highest BCUT2D eigenvalue weighted by atomic mass is 35.5. The van der Waals surface area contributed by atoms with E-state index in [1.165, 1.54) is 0 Å². The number of Topliss-reactive ketones (excluding diaryl/α,β-unsaturated/α-hetero) is 1. The van der Waals surface area contributed by atoms with Gasteiger partial charge in [-0.2, -0.15) is 5.10 Å². The van der Waals surface area contributed by atoms with Crippen LogP contribution in [0.25, 0.3) is 0 Å². The second kappa shape index (κ2) is 5.83. The van der Waals surface area contributed by atoms with Gasteiger partial charge in [-0.1, -0.05) is 0 Å². The fourth-order valence-corrected chi connectivity index (χ4v) is 2.55. The molecule has 0 saturated carbocycles. The fraction of sp³-hybridized carbons (Fsp3) is 0.467. The Hall–Kier alpha value is -1.55. The van der Waals surface area contributed by atoms with Crippen LogP contribution >= 0.6 is 11.6 Å². The van der Waals surface area contributed by atoms with Gasteiger partial charge < -0.3 is 4.57 Å². The summed E-state index contributed by atoms with van der Waals surface area (Å²) in [6.45, 7) is 6.52. The van der Waals surface area contributed by atoms with Crippen molar-refractivity contribution in [2.45, 2.75) is 39.1 Å². The Morgan fingerprint density at radius 2 is 2.15 bits per heavy atom. The lowest BCUT2D eigenvalue weighted by atomic mass is 10.1. The highest BCUT2D eigenvalue weighted by Gasteiger charge is 2.19. The van der Waals surface area contributed by atoms with Crippen LogP contribution in [0.4, 0.5) is 0 Å². The molecule has 2 rings (SSSR count). The number of aromatic nitrogens is 3. The molecule has 4 nitrogen and oxygen atoms in total. The van der Waals surface area contributed by atoms with Gasteiger partial charge in [0.2, 0.25) is 0 Å². The zero-order valence-corrected chi connectivity index (χ0v) is 13.1. The summed E-state index contributed by atoms with van der Waals surface area (Å²) in [5.74, 6) is -0.0103. The van der Waals surface area contributed by atoms with E-state index >= 15 is 0 Å². The number of carbonyl (C=O) groups excluding carboxylic acids is 1. The van der Waals surface area contributed by atoms with Crippen LogP contribution in [0.5, 0.6) is 0 Å². The third kappa shape index (κ3) is 2.96. The molecule has 5 heteroatoms. The van der Waals surface area contributed by atoms with Crippen molar-refractivity contribution in [3.05, 3.63) is 41.0 Å². The quantitative estimate of drug-likeness (QED) is 0.628. The third-order valence-corrected chi connectivity index (χ3v) is 3.76. The number of nitrogens with zero attached hydrogens (tertiary/aromatic N) is 3. The highest BCUT2D eigenvalue weighted by molar-refractivity contribution is 6.33. The summed E-state index contributed by atoms with van der Waals surface area (Å²) in [5, 5.41) is 3.88. The van der Waals surface area contributed by atoms with Crippen molar-refractivity contribution in [1.82, 2.24) is 14.3 Å². The Balaban J connectivity index is 2.18. The van der Waals surface area contributed by atoms with E-state index in [2.05, 4.69) is 9.67 Å². The van der Waals surface area contributed by atoms with Crippen molar-refractivity contribution in [3.8, 4) is 0 Å². The number of rotatable bonds is 5. The third-order valence-electron chi connectivity index (χ3n) is 3.56. The van der Waals surface area contributed by atoms with Crippen molar-refractivity contribution in [1.29, 1.82) is 0 Å². The van der Waals surface area contributed by atoms with Crippen LogP contribution in [0.15, 0.2) is 18.3 Å². The van der Waals surface area contributed by atoms with Gasteiger partial charge in [0.1, 0.15) is 0 Å². The maximum atomic E-state index is 12.0. The second-order valence-electron chi connectivity index (χ2n) is 5.15. The summed E-state index contributed by atoms with van der Waals surface area (Å²) in [7, 11) is 1.91. The summed E-state index contributed by atoms with van der Waals surface area (Å²) in [5.41, 5.74) is 3.85. The molecular formula is C15H20ClN3O. The van der Waals surface area contributed by atoms with Crippen LogP contribution in [0, 0.1) is 13.8 Å². The first-order valence-corrected chi connectivity index (χ1v) is 7.17. The molecule has 0 amide bonds. The Labute approximate surface area is 124 Å². The van der Waals surface area contributed by atoms with Crippen LogP contribution in [-0.2, 0) is 20.0 Å². The molecule has 0 radical (unpaired) electrons. The van der Waals surface area contributed by atoms with Gasteiger partial charge in [0.05, 0.1) is 11.1 Å². The van der Waals surface area contributed by atoms with E-state index in [-0.39, 0.29) is 5.78 Å². The summed E-state index contributed by atoms with van der Waals surface area (Å²) < 4.78 is 3.95. The molecule has 20 heavy (non-hydrogen) atoms. The molecule has 1 unspecified atom stereocenters. The first kappa shape index (κ1) is 14.9. The minimum Gasteiger partial charge on any atom is -0.348 e. The maximum absolute atomic E-state index is 12.0. The van der Waals surface area contributed by atoms with Crippen molar-refractivity contribution in [3.63, 3.8) is 0 Å². The average Bonchev–Trinajstić information content (AvgIpc) is 2.91. The molecular weight excluding hydrogens is 274 g/mol. The number of halogens is 1. The number of carbonyl (C=O) groups is 1. The molecule has 0 saturated heterocycles. The standard InChI is InChI=1S/C15H20ClN3O/c1-10-9-14(15(20)11(2)16)12(3)19(10)8-6-13-5-7-18(4)17-13/h5,7,9,11H,6,8H2,1-4H3. The molecule has 0 bridgehead atoms. The van der Waals surface area contributed by atoms with Crippen LogP contribution in [-0.4, -0.2) is 25.5 Å². The maximum Gasteiger partial charge on any atom is 0.182 e. The molecule has 108 valence electrons. The predicted molar refractivity (Wildman–Crippen MR) is 80.5 cm³/mol.